The van der Waals surface area contributed by atoms with E-state index in [0.29, 0.717) is 24.9 Å². The van der Waals surface area contributed by atoms with Gasteiger partial charge in [0.05, 0.1) is 4.90 Å². The Balaban J connectivity index is 1.57. The van der Waals surface area contributed by atoms with Crippen molar-refractivity contribution in [3.63, 3.8) is 0 Å². The molecule has 0 atom stereocenters. The van der Waals surface area contributed by atoms with Crippen molar-refractivity contribution in [2.45, 2.75) is 24.7 Å². The molecule has 30 heavy (non-hydrogen) atoms. The van der Waals surface area contributed by atoms with Gasteiger partial charge in [-0.3, -0.25) is 4.79 Å². The van der Waals surface area contributed by atoms with Crippen molar-refractivity contribution in [3.05, 3.63) is 72.0 Å². The first-order chi connectivity index (χ1) is 14.4. The molecular formula is C22H25N3O4S. The zero-order valence-corrected chi connectivity index (χ0v) is 17.9. The summed E-state index contributed by atoms with van der Waals surface area (Å²) in [4.78, 5) is 14.3. The lowest BCUT2D eigenvalue weighted by Gasteiger charge is -2.17. The van der Waals surface area contributed by atoms with Crippen molar-refractivity contribution in [2.75, 3.05) is 20.1 Å². The van der Waals surface area contributed by atoms with Gasteiger partial charge < -0.3 is 9.42 Å². The van der Waals surface area contributed by atoms with Gasteiger partial charge in [0.25, 0.3) is 5.91 Å². The summed E-state index contributed by atoms with van der Waals surface area (Å²) in [6.07, 6.45) is 1.34. The molecule has 0 aliphatic rings. The van der Waals surface area contributed by atoms with Gasteiger partial charge in [-0.15, -0.1) is 0 Å². The molecule has 0 spiro atoms. The van der Waals surface area contributed by atoms with Gasteiger partial charge >= 0.3 is 0 Å². The van der Waals surface area contributed by atoms with Crippen molar-refractivity contribution in [1.82, 2.24) is 14.8 Å². The highest BCUT2D eigenvalue weighted by Gasteiger charge is 2.17. The van der Waals surface area contributed by atoms with Crippen LogP contribution in [0.5, 0.6) is 0 Å². The predicted molar refractivity (Wildman–Crippen MR) is 115 cm³/mol. The number of carbonyl (C=O) groups is 1. The number of benzene rings is 2. The molecule has 0 aliphatic carbocycles. The number of hydrogen-bond acceptors (Lipinski definition) is 5. The second-order valence-electron chi connectivity index (χ2n) is 6.90. The van der Waals surface area contributed by atoms with Crippen LogP contribution in [0.1, 0.15) is 29.5 Å². The van der Waals surface area contributed by atoms with Crippen molar-refractivity contribution < 1.29 is 17.7 Å². The second kappa shape index (κ2) is 9.69. The Morgan fingerprint density at radius 3 is 2.60 bits per heavy atom. The molecule has 0 aliphatic heterocycles. The van der Waals surface area contributed by atoms with E-state index in [9.17, 15) is 13.2 Å². The summed E-state index contributed by atoms with van der Waals surface area (Å²) in [6, 6.07) is 17.8. The molecule has 0 fully saturated rings. The minimum Gasteiger partial charge on any atom is -0.361 e. The summed E-state index contributed by atoms with van der Waals surface area (Å²) >= 11 is 0. The number of sulfonamides is 1. The summed E-state index contributed by atoms with van der Waals surface area (Å²) in [6.45, 7) is 2.50. The van der Waals surface area contributed by atoms with Crippen LogP contribution in [0, 0.1) is 0 Å². The lowest BCUT2D eigenvalue weighted by Crippen LogP contribution is -2.28. The van der Waals surface area contributed by atoms with Gasteiger partial charge in [0, 0.05) is 43.8 Å². The molecule has 3 aromatic rings. The van der Waals surface area contributed by atoms with Crippen LogP contribution in [-0.2, 0) is 16.4 Å². The van der Waals surface area contributed by atoms with E-state index in [4.69, 9.17) is 4.52 Å². The standard InChI is InChI=1S/C22H25N3O4S/c1-3-23-30(27,28)20-13-7-11-18(15-20)22(26)25(2)14-8-12-19-16-21(24-29-19)17-9-5-4-6-10-17/h4-7,9-11,13,15-16,23H,3,8,12,14H2,1-2H3. The fourth-order valence-corrected chi connectivity index (χ4v) is 4.14. The number of rotatable bonds is 9. The van der Waals surface area contributed by atoms with Crippen LogP contribution in [0.15, 0.2) is 70.1 Å². The predicted octanol–water partition coefficient (Wildman–Crippen LogP) is 3.34. The van der Waals surface area contributed by atoms with Gasteiger partial charge in [-0.05, 0) is 24.6 Å². The fraction of sp³-hybridized carbons (Fsp3) is 0.273. The second-order valence-corrected chi connectivity index (χ2v) is 8.67. The summed E-state index contributed by atoms with van der Waals surface area (Å²) in [5.41, 5.74) is 2.11. The molecule has 0 saturated heterocycles. The number of nitrogens with zero attached hydrogens (tertiary/aromatic N) is 2. The highest BCUT2D eigenvalue weighted by Crippen LogP contribution is 2.19. The molecule has 8 heteroatoms. The van der Waals surface area contributed by atoms with Gasteiger partial charge in [-0.25, -0.2) is 13.1 Å². The zero-order valence-electron chi connectivity index (χ0n) is 17.0. The minimum absolute atomic E-state index is 0.0821. The topological polar surface area (TPSA) is 92.5 Å². The molecule has 0 bridgehead atoms. The summed E-state index contributed by atoms with van der Waals surface area (Å²) < 4.78 is 32.1. The van der Waals surface area contributed by atoms with E-state index in [2.05, 4.69) is 9.88 Å². The third-order valence-electron chi connectivity index (χ3n) is 4.62. The van der Waals surface area contributed by atoms with Gasteiger partial charge in [-0.1, -0.05) is 48.5 Å². The number of hydrogen-bond donors (Lipinski definition) is 1. The molecule has 2 aromatic carbocycles. The Bertz CT molecular complexity index is 1090. The number of carbonyl (C=O) groups excluding carboxylic acids is 1. The smallest absolute Gasteiger partial charge is 0.253 e. The molecule has 0 saturated carbocycles. The van der Waals surface area contributed by atoms with Gasteiger partial charge in [0.1, 0.15) is 11.5 Å². The van der Waals surface area contributed by atoms with Gasteiger partial charge in [-0.2, -0.15) is 0 Å². The first kappa shape index (κ1) is 21.7. The third-order valence-corrected chi connectivity index (χ3v) is 6.16. The first-order valence-corrected chi connectivity index (χ1v) is 11.2. The maximum Gasteiger partial charge on any atom is 0.253 e. The molecule has 1 N–H and O–H groups in total. The van der Waals surface area contributed by atoms with E-state index < -0.39 is 10.0 Å². The van der Waals surface area contributed by atoms with Crippen LogP contribution in [-0.4, -0.2) is 44.5 Å². The SMILES string of the molecule is CCNS(=O)(=O)c1cccc(C(=O)N(C)CCCc2cc(-c3ccccc3)no2)c1. The van der Waals surface area contributed by atoms with Crippen LogP contribution < -0.4 is 4.72 Å². The van der Waals surface area contributed by atoms with E-state index in [1.165, 1.54) is 12.1 Å². The average molecular weight is 428 g/mol. The van der Waals surface area contributed by atoms with Crippen LogP contribution in [0.2, 0.25) is 0 Å². The van der Waals surface area contributed by atoms with Crippen molar-refractivity contribution in [1.29, 1.82) is 0 Å². The van der Waals surface area contributed by atoms with Crippen molar-refractivity contribution in [3.8, 4) is 11.3 Å². The Hall–Kier alpha value is -2.97. The van der Waals surface area contributed by atoms with Crippen LogP contribution in [0.4, 0.5) is 0 Å². The summed E-state index contributed by atoms with van der Waals surface area (Å²) in [5, 5.41) is 4.10. The Morgan fingerprint density at radius 2 is 1.87 bits per heavy atom. The zero-order chi connectivity index (χ0) is 21.6. The van der Waals surface area contributed by atoms with E-state index in [-0.39, 0.29) is 17.3 Å². The molecule has 158 valence electrons. The molecule has 3 rings (SSSR count). The monoisotopic (exact) mass is 427 g/mol. The molecular weight excluding hydrogens is 402 g/mol. The summed E-state index contributed by atoms with van der Waals surface area (Å²) in [5.74, 6) is 0.527. The lowest BCUT2D eigenvalue weighted by molar-refractivity contribution is 0.0792. The van der Waals surface area contributed by atoms with E-state index in [1.54, 1.807) is 31.0 Å². The Morgan fingerprint density at radius 1 is 1.10 bits per heavy atom. The average Bonchev–Trinajstić information content (AvgIpc) is 3.23. The first-order valence-electron chi connectivity index (χ1n) is 9.77. The number of aromatic nitrogens is 1. The number of nitrogens with one attached hydrogen (secondary N) is 1. The molecule has 7 nitrogen and oxygen atoms in total. The largest absolute Gasteiger partial charge is 0.361 e. The van der Waals surface area contributed by atoms with Crippen LogP contribution in [0.3, 0.4) is 0 Å². The summed E-state index contributed by atoms with van der Waals surface area (Å²) in [7, 11) is -1.91. The Labute approximate surface area is 176 Å². The number of amides is 1. The molecule has 0 radical (unpaired) electrons. The van der Waals surface area contributed by atoms with E-state index in [0.717, 1.165) is 17.0 Å². The quantitative estimate of drug-likeness (QED) is 0.565. The maximum atomic E-state index is 12.7. The van der Waals surface area contributed by atoms with Gasteiger partial charge in [0.15, 0.2) is 0 Å². The molecule has 1 aromatic heterocycles. The third kappa shape index (κ3) is 5.34. The van der Waals surface area contributed by atoms with Crippen molar-refractivity contribution in [2.24, 2.45) is 0 Å². The van der Waals surface area contributed by atoms with Gasteiger partial charge in [0.2, 0.25) is 10.0 Å². The van der Waals surface area contributed by atoms with E-state index in [1.807, 2.05) is 36.4 Å². The molecule has 0 unspecified atom stereocenters. The lowest BCUT2D eigenvalue weighted by atomic mass is 10.1. The minimum atomic E-state index is -3.61. The molecule has 1 heterocycles. The fourth-order valence-electron chi connectivity index (χ4n) is 3.06. The normalized spacial score (nSPS) is 11.4. The van der Waals surface area contributed by atoms with E-state index >= 15 is 0 Å². The molecule has 1 amide bonds. The highest BCUT2D eigenvalue weighted by molar-refractivity contribution is 7.89. The highest BCUT2D eigenvalue weighted by atomic mass is 32.2. The maximum absolute atomic E-state index is 12.7. The number of aryl methyl sites for hydroxylation is 1. The van der Waals surface area contributed by atoms with Crippen LogP contribution in [0.25, 0.3) is 11.3 Å². The van der Waals surface area contributed by atoms with Crippen LogP contribution >= 0.6 is 0 Å². The Kier molecular flexibility index (Phi) is 7.02. The van der Waals surface area contributed by atoms with Crippen molar-refractivity contribution >= 4 is 15.9 Å².